The Morgan fingerprint density at radius 1 is 1.00 bits per heavy atom. The standard InChI is InChI=1S/C21H25BFNO3/c1-20(2)21(3,4)27-22(26-20)17-10-8-15(9-11-17)13-19(25)24-14-16-6-5-7-18(23)12-16/h5-12H,13-14H2,1-4H3,(H,24,25). The molecule has 142 valence electrons. The van der Waals surface area contributed by atoms with Crippen LogP contribution in [0, 0.1) is 5.82 Å². The molecule has 0 radical (unpaired) electrons. The lowest BCUT2D eigenvalue weighted by Crippen LogP contribution is -2.41. The molecule has 2 aromatic rings. The van der Waals surface area contributed by atoms with Gasteiger partial charge in [-0.05, 0) is 56.4 Å². The zero-order valence-electron chi connectivity index (χ0n) is 16.2. The molecule has 1 aliphatic rings. The van der Waals surface area contributed by atoms with Gasteiger partial charge in [-0.3, -0.25) is 4.79 Å². The Morgan fingerprint density at radius 2 is 1.63 bits per heavy atom. The van der Waals surface area contributed by atoms with Gasteiger partial charge in [0.05, 0.1) is 17.6 Å². The molecule has 3 rings (SSSR count). The topological polar surface area (TPSA) is 47.6 Å². The van der Waals surface area contributed by atoms with Crippen LogP contribution in [-0.2, 0) is 27.1 Å². The zero-order chi connectivity index (χ0) is 19.7. The van der Waals surface area contributed by atoms with Gasteiger partial charge in [0.1, 0.15) is 5.82 Å². The molecule has 1 N–H and O–H groups in total. The first kappa shape index (κ1) is 19.6. The normalized spacial score (nSPS) is 17.7. The lowest BCUT2D eigenvalue weighted by molar-refractivity contribution is -0.120. The highest BCUT2D eigenvalue weighted by Crippen LogP contribution is 2.36. The molecule has 4 nitrogen and oxygen atoms in total. The van der Waals surface area contributed by atoms with Gasteiger partial charge >= 0.3 is 7.12 Å². The summed E-state index contributed by atoms with van der Waals surface area (Å²) in [6, 6.07) is 13.9. The molecule has 6 heteroatoms. The first-order valence-corrected chi connectivity index (χ1v) is 9.12. The molecule has 0 atom stereocenters. The van der Waals surface area contributed by atoms with Crippen molar-refractivity contribution in [1.82, 2.24) is 5.32 Å². The van der Waals surface area contributed by atoms with Crippen molar-refractivity contribution in [2.24, 2.45) is 0 Å². The van der Waals surface area contributed by atoms with Crippen molar-refractivity contribution in [2.45, 2.75) is 51.9 Å². The molecule has 0 saturated carbocycles. The van der Waals surface area contributed by atoms with Crippen molar-refractivity contribution in [3.63, 3.8) is 0 Å². The van der Waals surface area contributed by atoms with Crippen LogP contribution in [0.15, 0.2) is 48.5 Å². The summed E-state index contributed by atoms with van der Waals surface area (Å²) in [5, 5.41) is 2.81. The second-order valence-electron chi connectivity index (χ2n) is 7.91. The molecule has 0 bridgehead atoms. The van der Waals surface area contributed by atoms with Crippen molar-refractivity contribution < 1.29 is 18.5 Å². The van der Waals surface area contributed by atoms with Gasteiger partial charge in [0.2, 0.25) is 5.91 Å². The molecule has 1 aliphatic heterocycles. The van der Waals surface area contributed by atoms with Crippen molar-refractivity contribution in [1.29, 1.82) is 0 Å². The number of nitrogens with one attached hydrogen (secondary N) is 1. The molecule has 0 unspecified atom stereocenters. The SMILES string of the molecule is CC1(C)OB(c2ccc(CC(=O)NCc3cccc(F)c3)cc2)OC1(C)C. The van der Waals surface area contributed by atoms with Gasteiger partial charge in [0.25, 0.3) is 0 Å². The molecule has 1 amide bonds. The molecule has 2 aromatic carbocycles. The van der Waals surface area contributed by atoms with Crippen LogP contribution in [0.3, 0.4) is 0 Å². The summed E-state index contributed by atoms with van der Waals surface area (Å²) in [6.45, 7) is 8.38. The number of hydrogen-bond donors (Lipinski definition) is 1. The van der Waals surface area contributed by atoms with Crippen molar-refractivity contribution in [3.8, 4) is 0 Å². The predicted molar refractivity (Wildman–Crippen MR) is 104 cm³/mol. The molecule has 0 aromatic heterocycles. The smallest absolute Gasteiger partial charge is 0.399 e. The van der Waals surface area contributed by atoms with Gasteiger partial charge in [-0.2, -0.15) is 0 Å². The molecule has 0 aliphatic carbocycles. The Bertz CT molecular complexity index is 804. The molecule has 0 spiro atoms. The van der Waals surface area contributed by atoms with E-state index in [4.69, 9.17) is 9.31 Å². The van der Waals surface area contributed by atoms with Crippen LogP contribution < -0.4 is 10.8 Å². The van der Waals surface area contributed by atoms with Crippen LogP contribution >= 0.6 is 0 Å². The number of halogens is 1. The maximum Gasteiger partial charge on any atom is 0.494 e. The third-order valence-electron chi connectivity index (χ3n) is 5.25. The maximum absolute atomic E-state index is 13.2. The van der Waals surface area contributed by atoms with E-state index in [1.807, 2.05) is 52.0 Å². The quantitative estimate of drug-likeness (QED) is 0.825. The Morgan fingerprint density at radius 3 is 2.22 bits per heavy atom. The van der Waals surface area contributed by atoms with Crippen LogP contribution in [-0.4, -0.2) is 24.2 Å². The second-order valence-corrected chi connectivity index (χ2v) is 7.91. The van der Waals surface area contributed by atoms with Crippen molar-refractivity contribution in [3.05, 3.63) is 65.5 Å². The number of hydrogen-bond acceptors (Lipinski definition) is 3. The van der Waals surface area contributed by atoms with E-state index < -0.39 is 7.12 Å². The summed E-state index contributed by atoms with van der Waals surface area (Å²) >= 11 is 0. The number of carbonyl (C=O) groups excluding carboxylic acids is 1. The fourth-order valence-electron chi connectivity index (χ4n) is 2.87. The van der Waals surface area contributed by atoms with Crippen LogP contribution in [0.2, 0.25) is 0 Å². The summed E-state index contributed by atoms with van der Waals surface area (Å²) in [4.78, 5) is 12.1. The number of rotatable bonds is 5. The van der Waals surface area contributed by atoms with Crippen LogP contribution in [0.5, 0.6) is 0 Å². The lowest BCUT2D eigenvalue weighted by atomic mass is 9.79. The second kappa shape index (κ2) is 7.45. The molecular weight excluding hydrogens is 344 g/mol. The summed E-state index contributed by atoms with van der Waals surface area (Å²) in [5.41, 5.74) is 1.80. The Balaban J connectivity index is 1.55. The van der Waals surface area contributed by atoms with E-state index in [2.05, 4.69) is 5.32 Å². The summed E-state index contributed by atoms with van der Waals surface area (Å²) in [6.07, 6.45) is 0.263. The number of benzene rings is 2. The summed E-state index contributed by atoms with van der Waals surface area (Å²) in [7, 11) is -0.411. The van der Waals surface area contributed by atoms with Crippen LogP contribution in [0.1, 0.15) is 38.8 Å². The van der Waals surface area contributed by atoms with E-state index in [0.717, 1.165) is 16.6 Å². The highest BCUT2D eigenvalue weighted by atomic mass is 19.1. The van der Waals surface area contributed by atoms with E-state index in [1.165, 1.54) is 12.1 Å². The third kappa shape index (κ3) is 4.57. The first-order valence-electron chi connectivity index (χ1n) is 9.12. The van der Waals surface area contributed by atoms with Gasteiger partial charge in [-0.25, -0.2) is 4.39 Å². The lowest BCUT2D eigenvalue weighted by Gasteiger charge is -2.32. The maximum atomic E-state index is 13.2. The Kier molecular flexibility index (Phi) is 5.40. The predicted octanol–water partition coefficient (Wildman–Crippen LogP) is 2.98. The minimum absolute atomic E-state index is 0.109. The number of amides is 1. The van der Waals surface area contributed by atoms with Crippen LogP contribution in [0.25, 0.3) is 0 Å². The average Bonchev–Trinajstić information content (AvgIpc) is 2.81. The number of carbonyl (C=O) groups is 1. The van der Waals surface area contributed by atoms with Crippen molar-refractivity contribution in [2.75, 3.05) is 0 Å². The highest BCUT2D eigenvalue weighted by molar-refractivity contribution is 6.62. The molecule has 1 heterocycles. The fraction of sp³-hybridized carbons (Fsp3) is 0.381. The Hall–Kier alpha value is -2.18. The van der Waals surface area contributed by atoms with Gasteiger partial charge in [-0.15, -0.1) is 0 Å². The van der Waals surface area contributed by atoms with E-state index >= 15 is 0 Å². The summed E-state index contributed by atoms with van der Waals surface area (Å²) < 4.78 is 25.2. The van der Waals surface area contributed by atoms with E-state index in [1.54, 1.807) is 12.1 Å². The van der Waals surface area contributed by atoms with E-state index in [0.29, 0.717) is 6.54 Å². The minimum atomic E-state index is -0.411. The van der Waals surface area contributed by atoms with Gasteiger partial charge < -0.3 is 14.6 Å². The largest absolute Gasteiger partial charge is 0.494 e. The van der Waals surface area contributed by atoms with Crippen LogP contribution in [0.4, 0.5) is 4.39 Å². The zero-order valence-corrected chi connectivity index (χ0v) is 16.2. The van der Waals surface area contributed by atoms with E-state index in [9.17, 15) is 9.18 Å². The monoisotopic (exact) mass is 369 g/mol. The third-order valence-corrected chi connectivity index (χ3v) is 5.25. The molecule has 1 fully saturated rings. The van der Waals surface area contributed by atoms with Gasteiger partial charge in [0, 0.05) is 6.54 Å². The molecule has 1 saturated heterocycles. The van der Waals surface area contributed by atoms with Gasteiger partial charge in [-0.1, -0.05) is 36.4 Å². The Labute approximate surface area is 160 Å². The summed E-state index contributed by atoms with van der Waals surface area (Å²) in [5.74, 6) is -0.414. The molecular formula is C21H25BFNO3. The average molecular weight is 369 g/mol. The van der Waals surface area contributed by atoms with E-state index in [-0.39, 0.29) is 29.3 Å². The van der Waals surface area contributed by atoms with Gasteiger partial charge in [0.15, 0.2) is 0 Å². The highest BCUT2D eigenvalue weighted by Gasteiger charge is 2.51. The molecule has 27 heavy (non-hydrogen) atoms. The van der Waals surface area contributed by atoms with Crippen molar-refractivity contribution >= 4 is 18.5 Å². The first-order chi connectivity index (χ1) is 12.7. The minimum Gasteiger partial charge on any atom is -0.399 e. The fourth-order valence-corrected chi connectivity index (χ4v) is 2.87.